The Hall–Kier alpha value is -2.74. The Kier molecular flexibility index (Phi) is 7.57. The highest BCUT2D eigenvalue weighted by molar-refractivity contribution is 7.89. The van der Waals surface area contributed by atoms with Crippen molar-refractivity contribution in [3.63, 3.8) is 0 Å². The van der Waals surface area contributed by atoms with Crippen molar-refractivity contribution in [2.24, 2.45) is 0 Å². The summed E-state index contributed by atoms with van der Waals surface area (Å²) < 4.78 is 54.6. The van der Waals surface area contributed by atoms with Crippen molar-refractivity contribution in [2.75, 3.05) is 18.5 Å². The van der Waals surface area contributed by atoms with Crippen LogP contribution in [0.3, 0.4) is 0 Å². The molecule has 1 aromatic carbocycles. The normalized spacial score (nSPS) is 14.3. The quantitative estimate of drug-likeness (QED) is 0.382. The summed E-state index contributed by atoms with van der Waals surface area (Å²) in [5, 5.41) is 0. The second-order valence-corrected chi connectivity index (χ2v) is 11.2. The van der Waals surface area contributed by atoms with Gasteiger partial charge in [-0.1, -0.05) is 13.8 Å². The Bertz CT molecular complexity index is 1260. The zero-order chi connectivity index (χ0) is 24.2. The van der Waals surface area contributed by atoms with Gasteiger partial charge in [0, 0.05) is 31.4 Å². The highest BCUT2D eigenvalue weighted by atomic mass is 32.2. The molecule has 0 unspecified atom stereocenters. The molecule has 11 nitrogen and oxygen atoms in total. The monoisotopic (exact) mass is 497 g/mol. The molecular weight excluding hydrogens is 470 g/mol. The third-order valence-electron chi connectivity index (χ3n) is 5.02. The van der Waals surface area contributed by atoms with Crippen LogP contribution in [0.4, 0.5) is 5.69 Å². The molecule has 1 heterocycles. The van der Waals surface area contributed by atoms with E-state index in [1.54, 1.807) is 13.8 Å². The fourth-order valence-electron chi connectivity index (χ4n) is 3.04. The van der Waals surface area contributed by atoms with Gasteiger partial charge >= 0.3 is 0 Å². The first-order chi connectivity index (χ1) is 15.6. The van der Waals surface area contributed by atoms with Crippen LogP contribution in [-0.2, 0) is 31.4 Å². The van der Waals surface area contributed by atoms with E-state index in [9.17, 15) is 26.4 Å². The molecule has 180 valence electrons. The molecule has 0 radical (unpaired) electrons. The van der Waals surface area contributed by atoms with E-state index >= 15 is 0 Å². The number of nitrogens with one attached hydrogen (secondary N) is 3. The van der Waals surface area contributed by atoms with E-state index in [4.69, 9.17) is 0 Å². The van der Waals surface area contributed by atoms with Crippen molar-refractivity contribution < 1.29 is 21.6 Å². The number of hydrazine groups is 1. The van der Waals surface area contributed by atoms with Gasteiger partial charge in [-0.25, -0.2) is 21.6 Å². The Morgan fingerprint density at radius 1 is 1.00 bits per heavy atom. The molecule has 3 N–H and O–H groups in total. The number of anilines is 1. The molecule has 0 saturated heterocycles. The highest BCUT2D eigenvalue weighted by Crippen LogP contribution is 2.22. The predicted octanol–water partition coefficient (Wildman–Crippen LogP) is 0.463. The summed E-state index contributed by atoms with van der Waals surface area (Å²) in [4.78, 5) is 24.5. The Balaban J connectivity index is 1.63. The second-order valence-electron chi connectivity index (χ2n) is 7.51. The summed E-state index contributed by atoms with van der Waals surface area (Å²) in [6.45, 7) is 3.56. The molecule has 1 amide bonds. The summed E-state index contributed by atoms with van der Waals surface area (Å²) >= 11 is 0. The molecule has 33 heavy (non-hydrogen) atoms. The first-order valence-corrected chi connectivity index (χ1v) is 13.4. The van der Waals surface area contributed by atoms with Crippen LogP contribution in [0.1, 0.15) is 26.7 Å². The summed E-state index contributed by atoms with van der Waals surface area (Å²) in [7, 11) is -7.35. The molecular formula is C20H27N5O6S2. The van der Waals surface area contributed by atoms with Crippen LogP contribution in [-0.4, -0.2) is 50.7 Å². The fraction of sp³-hybridized carbons (Fsp3) is 0.400. The highest BCUT2D eigenvalue weighted by Gasteiger charge is 2.28. The van der Waals surface area contributed by atoms with Crippen molar-refractivity contribution in [2.45, 2.75) is 49.1 Å². The average Bonchev–Trinajstić information content (AvgIpc) is 3.58. The number of carbonyl (C=O) groups is 1. The number of nitrogens with zero attached hydrogens (tertiary/aromatic N) is 2. The molecule has 2 aromatic rings. The Morgan fingerprint density at radius 2 is 1.61 bits per heavy atom. The lowest BCUT2D eigenvalue weighted by atomic mass is 10.3. The van der Waals surface area contributed by atoms with E-state index in [2.05, 4.69) is 15.6 Å². The lowest BCUT2D eigenvalue weighted by molar-refractivity contribution is -0.121. The molecule has 1 saturated carbocycles. The SMILES string of the molecule is CCN(CC)S(=O)(=O)c1ccc(=O)n(CC(=O)NNc2ccc(S(=O)(=O)NC3CC3)cc2)c1. The number of carbonyl (C=O) groups excluding carboxylic acids is 1. The molecule has 1 aliphatic rings. The second kappa shape index (κ2) is 10.0. The number of hydrogen-bond acceptors (Lipinski definition) is 7. The van der Waals surface area contributed by atoms with Crippen LogP contribution < -0.4 is 21.1 Å². The number of rotatable bonds is 11. The minimum absolute atomic E-state index is 0.00370. The van der Waals surface area contributed by atoms with Crippen LogP contribution in [0.25, 0.3) is 0 Å². The standard InChI is InChI=1S/C20H27N5O6S2/c1-3-25(4-2)33(30,31)18-11-12-20(27)24(13-18)14-19(26)22-21-15-7-9-17(10-8-15)32(28,29)23-16-5-6-16/h7-13,16,21,23H,3-6,14H2,1-2H3,(H,22,26). The van der Waals surface area contributed by atoms with Gasteiger partial charge in [0.2, 0.25) is 20.0 Å². The average molecular weight is 498 g/mol. The summed E-state index contributed by atoms with van der Waals surface area (Å²) in [5.74, 6) is -0.596. The van der Waals surface area contributed by atoms with Gasteiger partial charge in [-0.15, -0.1) is 0 Å². The fourth-order valence-corrected chi connectivity index (χ4v) is 5.82. The smallest absolute Gasteiger partial charge is 0.258 e. The first kappa shape index (κ1) is 24.9. The van der Waals surface area contributed by atoms with Crippen molar-refractivity contribution >= 4 is 31.6 Å². The summed E-state index contributed by atoms with van der Waals surface area (Å²) in [6, 6.07) is 8.12. The molecule has 3 rings (SSSR count). The molecule has 0 bridgehead atoms. The van der Waals surface area contributed by atoms with Crippen molar-refractivity contribution in [1.29, 1.82) is 0 Å². The molecule has 1 fully saturated rings. The maximum absolute atomic E-state index is 12.7. The van der Waals surface area contributed by atoms with Crippen LogP contribution in [0.5, 0.6) is 0 Å². The predicted molar refractivity (Wildman–Crippen MR) is 122 cm³/mol. The molecule has 0 atom stereocenters. The molecule has 0 aliphatic heterocycles. The van der Waals surface area contributed by atoms with Gasteiger partial charge in [0.1, 0.15) is 6.54 Å². The van der Waals surface area contributed by atoms with Gasteiger partial charge in [0.25, 0.3) is 11.5 Å². The molecule has 13 heteroatoms. The van der Waals surface area contributed by atoms with E-state index in [-0.39, 0.29) is 28.9 Å². The minimum atomic E-state index is -3.78. The summed E-state index contributed by atoms with van der Waals surface area (Å²) in [6.07, 6.45) is 2.80. The van der Waals surface area contributed by atoms with Crippen LogP contribution in [0.15, 0.2) is 57.2 Å². The van der Waals surface area contributed by atoms with E-state index in [1.807, 2.05) is 0 Å². The summed E-state index contributed by atoms with van der Waals surface area (Å²) in [5.41, 5.74) is 4.95. The first-order valence-electron chi connectivity index (χ1n) is 10.4. The molecule has 1 aliphatic carbocycles. The van der Waals surface area contributed by atoms with Crippen molar-refractivity contribution in [3.05, 3.63) is 52.9 Å². The molecule has 1 aromatic heterocycles. The maximum Gasteiger partial charge on any atom is 0.258 e. The van der Waals surface area contributed by atoms with Crippen LogP contribution >= 0.6 is 0 Å². The largest absolute Gasteiger partial charge is 0.305 e. The minimum Gasteiger partial charge on any atom is -0.305 e. The lowest BCUT2D eigenvalue weighted by Gasteiger charge is -2.19. The molecule has 0 spiro atoms. The zero-order valence-electron chi connectivity index (χ0n) is 18.3. The van der Waals surface area contributed by atoms with E-state index in [0.29, 0.717) is 5.69 Å². The third kappa shape index (κ3) is 6.19. The van der Waals surface area contributed by atoms with Gasteiger partial charge in [-0.3, -0.25) is 20.4 Å². The Labute approximate surface area is 192 Å². The van der Waals surface area contributed by atoms with Gasteiger partial charge in [0.15, 0.2) is 0 Å². The topological polar surface area (TPSA) is 147 Å². The number of pyridine rings is 1. The number of hydrogen-bond donors (Lipinski definition) is 3. The van der Waals surface area contributed by atoms with E-state index in [0.717, 1.165) is 29.7 Å². The van der Waals surface area contributed by atoms with Gasteiger partial charge in [-0.05, 0) is 43.2 Å². The van der Waals surface area contributed by atoms with Crippen molar-refractivity contribution in [3.8, 4) is 0 Å². The number of benzene rings is 1. The maximum atomic E-state index is 12.7. The van der Waals surface area contributed by atoms with Gasteiger partial charge in [0.05, 0.1) is 15.5 Å². The number of aromatic nitrogens is 1. The van der Waals surface area contributed by atoms with Gasteiger partial charge in [-0.2, -0.15) is 4.31 Å². The van der Waals surface area contributed by atoms with E-state index in [1.165, 1.54) is 34.6 Å². The van der Waals surface area contributed by atoms with Gasteiger partial charge < -0.3 is 4.57 Å². The zero-order valence-corrected chi connectivity index (χ0v) is 19.9. The van der Waals surface area contributed by atoms with Crippen LogP contribution in [0.2, 0.25) is 0 Å². The lowest BCUT2D eigenvalue weighted by Crippen LogP contribution is -2.36. The third-order valence-corrected chi connectivity index (χ3v) is 8.59. The van der Waals surface area contributed by atoms with Crippen molar-refractivity contribution in [1.82, 2.24) is 19.0 Å². The number of sulfonamides is 2. The van der Waals surface area contributed by atoms with E-state index < -0.39 is 38.1 Å². The Morgan fingerprint density at radius 3 is 2.18 bits per heavy atom. The van der Waals surface area contributed by atoms with Crippen LogP contribution in [0, 0.1) is 0 Å². The number of amides is 1.